The lowest BCUT2D eigenvalue weighted by Crippen LogP contribution is -2.29. The van der Waals surface area contributed by atoms with Crippen molar-refractivity contribution in [2.75, 3.05) is 13.7 Å². The van der Waals surface area contributed by atoms with Gasteiger partial charge in [-0.15, -0.1) is 6.58 Å². The van der Waals surface area contributed by atoms with Crippen LogP contribution in [0.5, 0.6) is 0 Å². The van der Waals surface area contributed by atoms with Crippen molar-refractivity contribution in [3.63, 3.8) is 0 Å². The van der Waals surface area contributed by atoms with Gasteiger partial charge in [0.2, 0.25) is 0 Å². The standard InChI is InChI=1S/C11H18O5/c1-4-9(10(13)11(14)15-3)6-5-7-16-8(2)12/h4,9-10,13H,1,5-7H2,2-3H3. The first-order valence-electron chi connectivity index (χ1n) is 5.04. The van der Waals surface area contributed by atoms with Crippen molar-refractivity contribution >= 4 is 11.9 Å². The molecule has 0 saturated carbocycles. The van der Waals surface area contributed by atoms with Gasteiger partial charge < -0.3 is 14.6 Å². The largest absolute Gasteiger partial charge is 0.467 e. The summed E-state index contributed by atoms with van der Waals surface area (Å²) in [6, 6.07) is 0. The molecule has 0 amide bonds. The minimum absolute atomic E-state index is 0.271. The van der Waals surface area contributed by atoms with Gasteiger partial charge in [0.1, 0.15) is 0 Å². The molecule has 16 heavy (non-hydrogen) atoms. The van der Waals surface area contributed by atoms with E-state index in [1.54, 1.807) is 0 Å². The van der Waals surface area contributed by atoms with Crippen LogP contribution < -0.4 is 0 Å². The Labute approximate surface area is 95.0 Å². The van der Waals surface area contributed by atoms with E-state index in [1.165, 1.54) is 20.1 Å². The van der Waals surface area contributed by atoms with Crippen LogP contribution in [0.2, 0.25) is 0 Å². The second-order valence-electron chi connectivity index (χ2n) is 3.35. The van der Waals surface area contributed by atoms with Gasteiger partial charge in [-0.1, -0.05) is 6.08 Å². The highest BCUT2D eigenvalue weighted by atomic mass is 16.5. The van der Waals surface area contributed by atoms with E-state index in [2.05, 4.69) is 11.3 Å². The molecule has 0 rings (SSSR count). The summed E-state index contributed by atoms with van der Waals surface area (Å²) in [6.07, 6.45) is 1.35. The van der Waals surface area contributed by atoms with Gasteiger partial charge >= 0.3 is 11.9 Å². The van der Waals surface area contributed by atoms with Crippen molar-refractivity contribution in [3.8, 4) is 0 Å². The Kier molecular flexibility index (Phi) is 7.20. The van der Waals surface area contributed by atoms with Gasteiger partial charge in [-0.2, -0.15) is 0 Å². The van der Waals surface area contributed by atoms with E-state index in [0.29, 0.717) is 12.8 Å². The molecule has 0 aromatic carbocycles. The molecule has 0 heterocycles. The van der Waals surface area contributed by atoms with Crippen molar-refractivity contribution in [3.05, 3.63) is 12.7 Å². The molecule has 92 valence electrons. The molecule has 1 N–H and O–H groups in total. The van der Waals surface area contributed by atoms with E-state index < -0.39 is 12.1 Å². The third-order valence-corrected chi connectivity index (χ3v) is 2.14. The molecule has 5 nitrogen and oxygen atoms in total. The highest BCUT2D eigenvalue weighted by Gasteiger charge is 2.23. The molecular weight excluding hydrogens is 212 g/mol. The zero-order valence-electron chi connectivity index (χ0n) is 9.64. The summed E-state index contributed by atoms with van der Waals surface area (Å²) in [5.74, 6) is -1.41. The predicted molar refractivity (Wildman–Crippen MR) is 57.6 cm³/mol. The van der Waals surface area contributed by atoms with E-state index >= 15 is 0 Å². The first-order chi connectivity index (χ1) is 7.52. The van der Waals surface area contributed by atoms with Crippen LogP contribution in [0, 0.1) is 5.92 Å². The fourth-order valence-corrected chi connectivity index (χ4v) is 1.24. The number of aliphatic hydroxyl groups is 1. The number of carbonyl (C=O) groups is 2. The minimum Gasteiger partial charge on any atom is -0.467 e. The Morgan fingerprint density at radius 2 is 2.12 bits per heavy atom. The number of carbonyl (C=O) groups excluding carboxylic acids is 2. The van der Waals surface area contributed by atoms with Crippen LogP contribution in [-0.4, -0.2) is 36.9 Å². The normalized spacial score (nSPS) is 13.7. The summed E-state index contributed by atoms with van der Waals surface area (Å²) >= 11 is 0. The van der Waals surface area contributed by atoms with E-state index in [-0.39, 0.29) is 18.5 Å². The fourth-order valence-electron chi connectivity index (χ4n) is 1.24. The van der Waals surface area contributed by atoms with Crippen LogP contribution in [0.25, 0.3) is 0 Å². The molecular formula is C11H18O5. The summed E-state index contributed by atoms with van der Waals surface area (Å²) in [7, 11) is 1.21. The zero-order valence-corrected chi connectivity index (χ0v) is 9.64. The maximum atomic E-state index is 11.0. The van der Waals surface area contributed by atoms with E-state index in [9.17, 15) is 14.7 Å². The summed E-state index contributed by atoms with van der Waals surface area (Å²) in [5, 5.41) is 9.53. The number of methoxy groups -OCH3 is 1. The molecule has 0 bridgehead atoms. The third kappa shape index (κ3) is 5.50. The molecule has 0 fully saturated rings. The van der Waals surface area contributed by atoms with Gasteiger partial charge in [-0.05, 0) is 12.8 Å². The van der Waals surface area contributed by atoms with Crippen molar-refractivity contribution < 1.29 is 24.2 Å². The Morgan fingerprint density at radius 3 is 2.56 bits per heavy atom. The van der Waals surface area contributed by atoms with Crippen molar-refractivity contribution in [2.45, 2.75) is 25.9 Å². The number of ether oxygens (including phenoxy) is 2. The number of hydrogen-bond acceptors (Lipinski definition) is 5. The molecule has 2 atom stereocenters. The number of rotatable bonds is 7. The predicted octanol–water partition coefficient (Wildman–Crippen LogP) is 0.666. The van der Waals surface area contributed by atoms with Gasteiger partial charge in [-0.3, -0.25) is 4.79 Å². The van der Waals surface area contributed by atoms with Crippen LogP contribution in [0.1, 0.15) is 19.8 Å². The van der Waals surface area contributed by atoms with Gasteiger partial charge in [0.15, 0.2) is 6.10 Å². The van der Waals surface area contributed by atoms with E-state index in [4.69, 9.17) is 4.74 Å². The van der Waals surface area contributed by atoms with Crippen LogP contribution in [0.15, 0.2) is 12.7 Å². The molecule has 2 unspecified atom stereocenters. The average molecular weight is 230 g/mol. The van der Waals surface area contributed by atoms with Crippen LogP contribution in [-0.2, 0) is 19.1 Å². The molecule has 5 heteroatoms. The molecule has 0 aromatic heterocycles. The second-order valence-corrected chi connectivity index (χ2v) is 3.35. The molecule has 0 spiro atoms. The van der Waals surface area contributed by atoms with Crippen molar-refractivity contribution in [1.29, 1.82) is 0 Å². The lowest BCUT2D eigenvalue weighted by atomic mass is 9.97. The first-order valence-corrected chi connectivity index (χ1v) is 5.04. The van der Waals surface area contributed by atoms with Crippen LogP contribution in [0.3, 0.4) is 0 Å². The van der Waals surface area contributed by atoms with Gasteiger partial charge in [0.05, 0.1) is 13.7 Å². The molecule has 0 saturated heterocycles. The minimum atomic E-state index is -1.21. The smallest absolute Gasteiger partial charge is 0.335 e. The quantitative estimate of drug-likeness (QED) is 0.395. The highest BCUT2D eigenvalue weighted by molar-refractivity contribution is 5.74. The van der Waals surface area contributed by atoms with Crippen molar-refractivity contribution in [1.82, 2.24) is 0 Å². The van der Waals surface area contributed by atoms with E-state index in [1.807, 2.05) is 0 Å². The molecule has 0 aliphatic heterocycles. The Hall–Kier alpha value is -1.36. The average Bonchev–Trinajstić information content (AvgIpc) is 2.27. The van der Waals surface area contributed by atoms with Crippen LogP contribution in [0.4, 0.5) is 0 Å². The Balaban J connectivity index is 3.96. The molecule has 0 aromatic rings. The Morgan fingerprint density at radius 1 is 1.50 bits per heavy atom. The number of hydrogen-bond donors (Lipinski definition) is 1. The molecule has 0 aliphatic carbocycles. The highest BCUT2D eigenvalue weighted by Crippen LogP contribution is 2.14. The number of aliphatic hydroxyl groups excluding tert-OH is 1. The monoisotopic (exact) mass is 230 g/mol. The van der Waals surface area contributed by atoms with Gasteiger partial charge in [0.25, 0.3) is 0 Å². The van der Waals surface area contributed by atoms with Gasteiger partial charge in [-0.25, -0.2) is 4.79 Å². The first kappa shape index (κ1) is 14.6. The summed E-state index contributed by atoms with van der Waals surface area (Å²) in [4.78, 5) is 21.5. The van der Waals surface area contributed by atoms with Crippen molar-refractivity contribution in [2.24, 2.45) is 5.92 Å². The fraction of sp³-hybridized carbons (Fsp3) is 0.636. The lowest BCUT2D eigenvalue weighted by Gasteiger charge is -2.17. The zero-order chi connectivity index (χ0) is 12.6. The number of esters is 2. The Bertz CT molecular complexity index is 249. The third-order valence-electron chi connectivity index (χ3n) is 2.14. The lowest BCUT2D eigenvalue weighted by molar-refractivity contribution is -0.152. The maximum absolute atomic E-state index is 11.0. The summed E-state index contributed by atoms with van der Waals surface area (Å²) < 4.78 is 9.15. The summed E-state index contributed by atoms with van der Waals surface area (Å²) in [6.45, 7) is 5.14. The topological polar surface area (TPSA) is 72.8 Å². The maximum Gasteiger partial charge on any atom is 0.335 e. The summed E-state index contributed by atoms with van der Waals surface area (Å²) in [5.41, 5.74) is 0. The van der Waals surface area contributed by atoms with E-state index in [0.717, 1.165) is 0 Å². The second kappa shape index (κ2) is 7.87. The van der Waals surface area contributed by atoms with Crippen LogP contribution >= 0.6 is 0 Å². The molecule has 0 radical (unpaired) electrons. The molecule has 0 aliphatic rings. The SMILES string of the molecule is C=CC(CCCOC(C)=O)C(O)C(=O)OC. The van der Waals surface area contributed by atoms with Gasteiger partial charge in [0, 0.05) is 12.8 Å².